The molecule has 0 atom stereocenters. The highest BCUT2D eigenvalue weighted by Crippen LogP contribution is 2.07. The highest BCUT2D eigenvalue weighted by Gasteiger charge is 2.05. The number of rotatable bonds is 9. The van der Waals surface area contributed by atoms with Gasteiger partial charge in [0.15, 0.2) is 11.8 Å². The van der Waals surface area contributed by atoms with Gasteiger partial charge in [0.2, 0.25) is 0 Å². The zero-order valence-corrected chi connectivity index (χ0v) is 19.8. The van der Waals surface area contributed by atoms with Crippen molar-refractivity contribution in [1.82, 2.24) is 25.4 Å². The van der Waals surface area contributed by atoms with Crippen LogP contribution in [0.1, 0.15) is 22.1 Å². The van der Waals surface area contributed by atoms with Crippen molar-refractivity contribution in [2.75, 3.05) is 13.2 Å². The van der Waals surface area contributed by atoms with Crippen LogP contribution < -0.4 is 10.6 Å². The average Bonchev–Trinajstić information content (AvgIpc) is 3.35. The molecular formula is C20H27IN6OS. The summed E-state index contributed by atoms with van der Waals surface area (Å²) in [6.45, 7) is 4.99. The number of thiophene rings is 1. The van der Waals surface area contributed by atoms with E-state index < -0.39 is 0 Å². The molecule has 0 fully saturated rings. The number of benzene rings is 1. The Labute approximate surface area is 192 Å². The van der Waals surface area contributed by atoms with Gasteiger partial charge >= 0.3 is 0 Å². The van der Waals surface area contributed by atoms with E-state index in [0.717, 1.165) is 24.2 Å². The molecule has 0 amide bonds. The van der Waals surface area contributed by atoms with Gasteiger partial charge in [0.05, 0.1) is 19.8 Å². The monoisotopic (exact) mass is 526 g/mol. The lowest BCUT2D eigenvalue weighted by atomic mass is 10.2. The molecule has 3 rings (SSSR count). The zero-order chi connectivity index (χ0) is 19.6. The van der Waals surface area contributed by atoms with E-state index in [2.05, 4.69) is 49.4 Å². The van der Waals surface area contributed by atoms with Crippen molar-refractivity contribution >= 4 is 41.3 Å². The summed E-state index contributed by atoms with van der Waals surface area (Å²) in [6.07, 6.45) is 0. The summed E-state index contributed by atoms with van der Waals surface area (Å²) in [5.74, 6) is 2.44. The maximum absolute atomic E-state index is 5.74. The number of hydrogen-bond donors (Lipinski definition) is 2. The lowest BCUT2D eigenvalue weighted by Gasteiger charge is -2.12. The van der Waals surface area contributed by atoms with Crippen LogP contribution in [0.5, 0.6) is 0 Å². The van der Waals surface area contributed by atoms with Crippen LogP contribution in [0.4, 0.5) is 0 Å². The highest BCUT2D eigenvalue weighted by molar-refractivity contribution is 14.0. The number of ether oxygens (including phenoxy) is 1. The van der Waals surface area contributed by atoms with Gasteiger partial charge in [-0.1, -0.05) is 36.4 Å². The lowest BCUT2D eigenvalue weighted by molar-refractivity contribution is 0.125. The van der Waals surface area contributed by atoms with E-state index in [4.69, 9.17) is 4.74 Å². The molecule has 29 heavy (non-hydrogen) atoms. The van der Waals surface area contributed by atoms with Crippen LogP contribution in [0.15, 0.2) is 52.8 Å². The molecule has 0 bridgehead atoms. The standard InChI is InChI=1S/C20H26N6OS.HI/c1-16-24-25-19(26(16)2)14-23-20(22-13-18-9-6-12-28-18)21-10-11-27-15-17-7-4-3-5-8-17;/h3-9,12H,10-11,13-15H2,1-2H3,(H2,21,22,23);1H. The second kappa shape index (κ2) is 12.6. The van der Waals surface area contributed by atoms with Gasteiger partial charge in [-0.25, -0.2) is 4.99 Å². The fourth-order valence-corrected chi connectivity index (χ4v) is 3.15. The Kier molecular flexibility index (Phi) is 10.1. The Bertz CT molecular complexity index is 866. The summed E-state index contributed by atoms with van der Waals surface area (Å²) in [5.41, 5.74) is 1.17. The summed E-state index contributed by atoms with van der Waals surface area (Å²) in [6, 6.07) is 14.3. The van der Waals surface area contributed by atoms with E-state index in [1.165, 1.54) is 10.4 Å². The number of hydrogen-bond acceptors (Lipinski definition) is 5. The van der Waals surface area contributed by atoms with E-state index in [1.54, 1.807) is 11.3 Å². The summed E-state index contributed by atoms with van der Waals surface area (Å²) >= 11 is 1.72. The largest absolute Gasteiger partial charge is 0.375 e. The number of nitrogens with one attached hydrogen (secondary N) is 2. The van der Waals surface area contributed by atoms with Gasteiger partial charge in [0.25, 0.3) is 0 Å². The maximum Gasteiger partial charge on any atom is 0.192 e. The molecule has 0 aliphatic heterocycles. The van der Waals surface area contributed by atoms with Gasteiger partial charge < -0.3 is 19.9 Å². The second-order valence-electron chi connectivity index (χ2n) is 6.29. The number of aryl methyl sites for hydroxylation is 1. The number of halogens is 1. The first-order valence-electron chi connectivity index (χ1n) is 9.23. The molecule has 0 spiro atoms. The fraction of sp³-hybridized carbons (Fsp3) is 0.350. The number of nitrogens with zero attached hydrogens (tertiary/aromatic N) is 4. The molecule has 0 unspecified atom stereocenters. The first-order valence-corrected chi connectivity index (χ1v) is 10.1. The van der Waals surface area contributed by atoms with Gasteiger partial charge in [-0.05, 0) is 23.9 Å². The first kappa shape index (κ1) is 23.3. The van der Waals surface area contributed by atoms with Crippen molar-refractivity contribution in [3.05, 3.63) is 69.9 Å². The Morgan fingerprint density at radius 1 is 1.14 bits per heavy atom. The zero-order valence-electron chi connectivity index (χ0n) is 16.7. The van der Waals surface area contributed by atoms with E-state index in [-0.39, 0.29) is 24.0 Å². The molecule has 9 heteroatoms. The lowest BCUT2D eigenvalue weighted by Crippen LogP contribution is -2.38. The quantitative estimate of drug-likeness (QED) is 0.194. The van der Waals surface area contributed by atoms with Crippen LogP contribution in [0.2, 0.25) is 0 Å². The summed E-state index contributed by atoms with van der Waals surface area (Å²) in [5, 5.41) is 17.0. The molecule has 2 heterocycles. The van der Waals surface area contributed by atoms with E-state index in [0.29, 0.717) is 26.3 Å². The van der Waals surface area contributed by atoms with Gasteiger partial charge in [-0.2, -0.15) is 0 Å². The summed E-state index contributed by atoms with van der Waals surface area (Å²) in [4.78, 5) is 5.90. The minimum absolute atomic E-state index is 0. The maximum atomic E-state index is 5.74. The summed E-state index contributed by atoms with van der Waals surface area (Å²) < 4.78 is 7.68. The van der Waals surface area contributed by atoms with Gasteiger partial charge in [-0.15, -0.1) is 45.5 Å². The Morgan fingerprint density at radius 2 is 1.97 bits per heavy atom. The number of aliphatic imine (C=N–C) groups is 1. The average molecular weight is 526 g/mol. The van der Waals surface area contributed by atoms with Crippen molar-refractivity contribution in [2.45, 2.75) is 26.6 Å². The molecule has 0 saturated carbocycles. The molecule has 156 valence electrons. The number of guanidine groups is 1. The Morgan fingerprint density at radius 3 is 2.66 bits per heavy atom. The van der Waals surface area contributed by atoms with Crippen molar-refractivity contribution in [2.24, 2.45) is 12.0 Å². The molecule has 1 aromatic carbocycles. The first-order chi connectivity index (χ1) is 13.7. The van der Waals surface area contributed by atoms with Crippen molar-refractivity contribution in [3.8, 4) is 0 Å². The highest BCUT2D eigenvalue weighted by atomic mass is 127. The van der Waals surface area contributed by atoms with Crippen LogP contribution in [0, 0.1) is 6.92 Å². The third-order valence-corrected chi connectivity index (χ3v) is 5.10. The molecule has 0 saturated heterocycles. The molecule has 3 aromatic rings. The third-order valence-electron chi connectivity index (χ3n) is 4.22. The molecule has 0 radical (unpaired) electrons. The van der Waals surface area contributed by atoms with Crippen LogP contribution in [-0.4, -0.2) is 33.9 Å². The molecule has 0 aliphatic rings. The fourth-order valence-electron chi connectivity index (χ4n) is 2.50. The van der Waals surface area contributed by atoms with Crippen LogP contribution >= 0.6 is 35.3 Å². The van der Waals surface area contributed by atoms with Gasteiger partial charge in [-0.3, -0.25) is 0 Å². The number of aromatic nitrogens is 3. The van der Waals surface area contributed by atoms with Crippen molar-refractivity contribution in [3.63, 3.8) is 0 Å². The SMILES string of the molecule is Cc1nnc(CN=C(NCCOCc2ccccc2)NCc2cccs2)n1C.I. The summed E-state index contributed by atoms with van der Waals surface area (Å²) in [7, 11) is 1.95. The smallest absolute Gasteiger partial charge is 0.192 e. The molecule has 2 aromatic heterocycles. The predicted molar refractivity (Wildman–Crippen MR) is 128 cm³/mol. The molecular weight excluding hydrogens is 499 g/mol. The second-order valence-corrected chi connectivity index (χ2v) is 7.32. The molecule has 0 aliphatic carbocycles. The van der Waals surface area contributed by atoms with Crippen LogP contribution in [0.25, 0.3) is 0 Å². The molecule has 2 N–H and O–H groups in total. The normalized spacial score (nSPS) is 11.2. The third kappa shape index (κ3) is 7.75. The predicted octanol–water partition coefficient (Wildman–Crippen LogP) is 3.26. The minimum atomic E-state index is 0. The molecule has 7 nitrogen and oxygen atoms in total. The van der Waals surface area contributed by atoms with Crippen molar-refractivity contribution in [1.29, 1.82) is 0 Å². The van der Waals surface area contributed by atoms with E-state index in [9.17, 15) is 0 Å². The Balaban J connectivity index is 0.00000300. The van der Waals surface area contributed by atoms with E-state index in [1.807, 2.05) is 42.8 Å². The topological polar surface area (TPSA) is 76.4 Å². The van der Waals surface area contributed by atoms with Crippen LogP contribution in [0.3, 0.4) is 0 Å². The Hall–Kier alpha value is -1.98. The van der Waals surface area contributed by atoms with Gasteiger partial charge in [0, 0.05) is 18.5 Å². The van der Waals surface area contributed by atoms with Gasteiger partial charge in [0.1, 0.15) is 12.4 Å². The van der Waals surface area contributed by atoms with E-state index >= 15 is 0 Å². The van der Waals surface area contributed by atoms with Crippen molar-refractivity contribution < 1.29 is 4.74 Å². The van der Waals surface area contributed by atoms with Crippen LogP contribution in [-0.2, 0) is 31.5 Å². The minimum Gasteiger partial charge on any atom is -0.375 e.